The van der Waals surface area contributed by atoms with Crippen molar-refractivity contribution in [1.29, 1.82) is 0 Å². The number of aromatic nitrogens is 1. The van der Waals surface area contributed by atoms with Crippen molar-refractivity contribution in [3.8, 4) is 0 Å². The zero-order chi connectivity index (χ0) is 22.0. The molecule has 0 saturated heterocycles. The topological polar surface area (TPSA) is 87.7 Å². The van der Waals surface area contributed by atoms with Crippen LogP contribution in [0.15, 0.2) is 70.2 Å². The van der Waals surface area contributed by atoms with E-state index in [0.717, 1.165) is 11.1 Å². The van der Waals surface area contributed by atoms with Crippen LogP contribution < -0.4 is 10.9 Å². The van der Waals surface area contributed by atoms with E-state index < -0.39 is 0 Å². The van der Waals surface area contributed by atoms with Crippen molar-refractivity contribution in [3.63, 3.8) is 0 Å². The number of fused-ring (bicyclic) bond motifs is 1. The molecule has 0 aliphatic rings. The van der Waals surface area contributed by atoms with Crippen LogP contribution in [-0.4, -0.2) is 16.0 Å². The quantitative estimate of drug-likeness (QED) is 0.506. The lowest BCUT2D eigenvalue weighted by Crippen LogP contribution is -2.22. The second-order valence-electron chi connectivity index (χ2n) is 7.44. The Labute approximate surface area is 179 Å². The number of rotatable bonds is 4. The van der Waals surface area contributed by atoms with Crippen LogP contribution in [-0.2, 0) is 6.61 Å². The van der Waals surface area contributed by atoms with Gasteiger partial charge in [-0.3, -0.25) is 9.78 Å². The second kappa shape index (κ2) is 8.53. The Hall–Kier alpha value is -3.77. The number of benzene rings is 2. The lowest BCUT2D eigenvalue weighted by atomic mass is 10.1. The fourth-order valence-electron chi connectivity index (χ4n) is 3.30. The summed E-state index contributed by atoms with van der Waals surface area (Å²) in [4.78, 5) is 22.1. The Bertz CT molecular complexity index is 1340. The number of aryl methyl sites for hydroxylation is 3. The van der Waals surface area contributed by atoms with Gasteiger partial charge in [-0.2, -0.15) is 0 Å². The molecule has 0 aliphatic carbocycles. The van der Waals surface area contributed by atoms with Crippen molar-refractivity contribution in [3.05, 3.63) is 94.3 Å². The zero-order valence-corrected chi connectivity index (χ0v) is 17.6. The summed E-state index contributed by atoms with van der Waals surface area (Å²) in [6.45, 7) is 5.61. The number of pyridine rings is 1. The molecule has 0 fully saturated rings. The highest BCUT2D eigenvalue weighted by Gasteiger charge is 2.16. The smallest absolute Gasteiger partial charge is 0.261 e. The van der Waals surface area contributed by atoms with Crippen molar-refractivity contribution in [2.24, 2.45) is 4.99 Å². The van der Waals surface area contributed by atoms with Crippen LogP contribution >= 0.6 is 0 Å². The summed E-state index contributed by atoms with van der Waals surface area (Å²) in [6, 6.07) is 16.7. The normalized spacial score (nSPS) is 11.7. The number of anilines is 1. The van der Waals surface area contributed by atoms with Gasteiger partial charge in [-0.25, -0.2) is 4.99 Å². The maximum atomic E-state index is 13.2. The maximum absolute atomic E-state index is 13.2. The van der Waals surface area contributed by atoms with Gasteiger partial charge in [0.15, 0.2) is 5.58 Å². The van der Waals surface area contributed by atoms with Gasteiger partial charge in [0, 0.05) is 22.8 Å². The van der Waals surface area contributed by atoms with Crippen molar-refractivity contribution < 1.29 is 14.3 Å². The van der Waals surface area contributed by atoms with Gasteiger partial charge in [-0.05, 0) is 62.2 Å². The van der Waals surface area contributed by atoms with E-state index in [1.54, 1.807) is 12.3 Å². The molecule has 1 amide bonds. The Kier molecular flexibility index (Phi) is 5.64. The molecular weight excluding hydrogens is 390 g/mol. The number of para-hydroxylation sites is 1. The van der Waals surface area contributed by atoms with Crippen LogP contribution in [0, 0.1) is 20.8 Å². The maximum Gasteiger partial charge on any atom is 0.261 e. The first-order valence-electron chi connectivity index (χ1n) is 9.98. The highest BCUT2D eigenvalue weighted by Crippen LogP contribution is 2.22. The van der Waals surface area contributed by atoms with Crippen LogP contribution in [0.4, 0.5) is 11.4 Å². The summed E-state index contributed by atoms with van der Waals surface area (Å²) >= 11 is 0. The number of amides is 1. The molecule has 2 aromatic heterocycles. The monoisotopic (exact) mass is 413 g/mol. The summed E-state index contributed by atoms with van der Waals surface area (Å²) in [7, 11) is 0. The van der Waals surface area contributed by atoms with Crippen molar-refractivity contribution in [2.45, 2.75) is 27.4 Å². The molecule has 0 spiro atoms. The van der Waals surface area contributed by atoms with Gasteiger partial charge in [0.25, 0.3) is 5.91 Å². The third-order valence-electron chi connectivity index (χ3n) is 5.22. The van der Waals surface area contributed by atoms with E-state index in [-0.39, 0.29) is 23.6 Å². The molecule has 0 saturated carbocycles. The lowest BCUT2D eigenvalue weighted by Gasteiger charge is -2.11. The van der Waals surface area contributed by atoms with Crippen LogP contribution in [0.3, 0.4) is 0 Å². The Morgan fingerprint density at radius 1 is 1.06 bits per heavy atom. The molecule has 156 valence electrons. The first-order valence-corrected chi connectivity index (χ1v) is 9.98. The van der Waals surface area contributed by atoms with Crippen LogP contribution in [0.25, 0.3) is 11.0 Å². The molecule has 4 aromatic rings. The summed E-state index contributed by atoms with van der Waals surface area (Å²) in [6.07, 6.45) is 1.59. The van der Waals surface area contributed by atoms with E-state index in [2.05, 4.69) is 15.3 Å². The van der Waals surface area contributed by atoms with Gasteiger partial charge >= 0.3 is 0 Å². The number of aliphatic hydroxyl groups excluding tert-OH is 1. The molecule has 6 nitrogen and oxygen atoms in total. The van der Waals surface area contributed by atoms with Gasteiger partial charge in [0.05, 0.1) is 18.0 Å². The fraction of sp³-hybridized carbons (Fsp3) is 0.160. The van der Waals surface area contributed by atoms with Gasteiger partial charge in [-0.15, -0.1) is 0 Å². The van der Waals surface area contributed by atoms with Crippen molar-refractivity contribution >= 4 is 28.3 Å². The average molecular weight is 413 g/mol. The zero-order valence-electron chi connectivity index (χ0n) is 17.6. The molecule has 0 bridgehead atoms. The molecular formula is C25H23N3O3. The fourth-order valence-corrected chi connectivity index (χ4v) is 3.30. The van der Waals surface area contributed by atoms with E-state index in [0.29, 0.717) is 33.6 Å². The van der Waals surface area contributed by atoms with Crippen LogP contribution in [0.2, 0.25) is 0 Å². The van der Waals surface area contributed by atoms with Gasteiger partial charge in [-0.1, -0.05) is 24.3 Å². The molecule has 2 N–H and O–H groups in total. The minimum atomic E-state index is -0.345. The molecule has 4 rings (SSSR count). The SMILES string of the molecule is Cc1ccc(NC(=O)c2cc3c(CO)cnc(C)c3oc2=Nc2ccccc2)cc1C. The number of nitrogens with zero attached hydrogens (tertiary/aromatic N) is 2. The Morgan fingerprint density at radius 2 is 1.84 bits per heavy atom. The lowest BCUT2D eigenvalue weighted by molar-refractivity contribution is 0.102. The second-order valence-corrected chi connectivity index (χ2v) is 7.44. The summed E-state index contributed by atoms with van der Waals surface area (Å²) in [5, 5.41) is 13.3. The third kappa shape index (κ3) is 4.25. The first kappa shape index (κ1) is 20.5. The van der Waals surface area contributed by atoms with E-state index in [1.165, 1.54) is 0 Å². The van der Waals surface area contributed by atoms with Crippen molar-refractivity contribution in [2.75, 3.05) is 5.32 Å². The standard InChI is InChI=1S/C25H23N3O3/c1-15-9-10-20(11-16(15)2)27-24(30)22-12-21-18(14-29)13-26-17(3)23(21)31-25(22)28-19-7-5-4-6-8-19/h4-13,29H,14H2,1-3H3,(H,27,30). The number of nitrogens with one attached hydrogen (secondary N) is 1. The summed E-state index contributed by atoms with van der Waals surface area (Å²) in [5.74, 6) is -0.345. The molecule has 0 unspecified atom stereocenters. The molecule has 0 aliphatic heterocycles. The molecule has 2 heterocycles. The summed E-state index contributed by atoms with van der Waals surface area (Å²) in [5.41, 5.74) is 5.75. The number of carbonyl (C=O) groups is 1. The van der Waals surface area contributed by atoms with Crippen molar-refractivity contribution in [1.82, 2.24) is 4.98 Å². The molecule has 31 heavy (non-hydrogen) atoms. The number of hydrogen-bond donors (Lipinski definition) is 2. The number of hydrogen-bond acceptors (Lipinski definition) is 5. The van der Waals surface area contributed by atoms with Gasteiger partial charge in [0.2, 0.25) is 5.55 Å². The minimum Gasteiger partial charge on any atom is -0.436 e. The van der Waals surface area contributed by atoms with Crippen LogP contribution in [0.5, 0.6) is 0 Å². The van der Waals surface area contributed by atoms with E-state index in [4.69, 9.17) is 4.42 Å². The third-order valence-corrected chi connectivity index (χ3v) is 5.22. The average Bonchev–Trinajstić information content (AvgIpc) is 2.77. The van der Waals surface area contributed by atoms with E-state index >= 15 is 0 Å². The largest absolute Gasteiger partial charge is 0.436 e. The molecule has 6 heteroatoms. The highest BCUT2D eigenvalue weighted by molar-refractivity contribution is 6.05. The predicted octanol–water partition coefficient (Wildman–Crippen LogP) is 4.73. The van der Waals surface area contributed by atoms with Gasteiger partial charge in [0.1, 0.15) is 5.56 Å². The number of aliphatic hydroxyl groups is 1. The Morgan fingerprint density at radius 3 is 2.55 bits per heavy atom. The highest BCUT2D eigenvalue weighted by atomic mass is 16.3. The van der Waals surface area contributed by atoms with E-state index in [9.17, 15) is 9.90 Å². The summed E-state index contributed by atoms with van der Waals surface area (Å²) < 4.78 is 6.07. The van der Waals surface area contributed by atoms with E-state index in [1.807, 2.05) is 69.3 Å². The predicted molar refractivity (Wildman–Crippen MR) is 120 cm³/mol. The Balaban J connectivity index is 1.90. The minimum absolute atomic E-state index is 0.181. The first-order chi connectivity index (χ1) is 15.0. The molecule has 2 aromatic carbocycles. The number of carbonyl (C=O) groups excluding carboxylic acids is 1. The molecule has 0 radical (unpaired) electrons. The molecule has 0 atom stereocenters. The van der Waals surface area contributed by atoms with Crippen LogP contribution in [0.1, 0.15) is 32.7 Å². The van der Waals surface area contributed by atoms with Gasteiger partial charge < -0.3 is 14.8 Å².